The molecule has 0 saturated heterocycles. The molecule has 2 amide bonds. The Morgan fingerprint density at radius 2 is 1.83 bits per heavy atom. The van der Waals surface area contributed by atoms with Crippen LogP contribution in [0.5, 0.6) is 0 Å². The number of aliphatic carboxylic acids is 1. The van der Waals surface area contributed by atoms with Crippen LogP contribution in [-0.4, -0.2) is 30.2 Å². The van der Waals surface area contributed by atoms with Crippen molar-refractivity contribution in [2.24, 2.45) is 16.7 Å². The average molecular weight is 256 g/mol. The van der Waals surface area contributed by atoms with Gasteiger partial charge in [0.05, 0.1) is 5.41 Å². The van der Waals surface area contributed by atoms with Gasteiger partial charge in [0.15, 0.2) is 0 Å². The highest BCUT2D eigenvalue weighted by Gasteiger charge is 2.45. The van der Waals surface area contributed by atoms with Gasteiger partial charge in [-0.05, 0) is 38.0 Å². The van der Waals surface area contributed by atoms with Crippen molar-refractivity contribution in [2.45, 2.75) is 40.5 Å². The van der Waals surface area contributed by atoms with Crippen LogP contribution in [0.3, 0.4) is 0 Å². The quantitative estimate of drug-likeness (QED) is 0.678. The predicted molar refractivity (Wildman–Crippen MR) is 69.3 cm³/mol. The van der Waals surface area contributed by atoms with E-state index in [2.05, 4.69) is 24.5 Å². The Kier molecular flexibility index (Phi) is 4.24. The van der Waals surface area contributed by atoms with Gasteiger partial charge in [-0.3, -0.25) is 4.79 Å². The van der Waals surface area contributed by atoms with Crippen LogP contribution in [0.1, 0.15) is 40.5 Å². The molecule has 1 aliphatic carbocycles. The molecule has 5 heteroatoms. The molecule has 1 fully saturated rings. The van der Waals surface area contributed by atoms with Crippen molar-refractivity contribution in [3.63, 3.8) is 0 Å². The summed E-state index contributed by atoms with van der Waals surface area (Å²) in [6.45, 7) is 8.31. The Bertz CT molecular complexity index is 333. The third kappa shape index (κ3) is 3.62. The van der Waals surface area contributed by atoms with Crippen LogP contribution >= 0.6 is 0 Å². The number of carbonyl (C=O) groups is 2. The zero-order valence-electron chi connectivity index (χ0n) is 11.7. The molecule has 0 atom stereocenters. The lowest BCUT2D eigenvalue weighted by Gasteiger charge is -2.22. The van der Waals surface area contributed by atoms with Crippen molar-refractivity contribution in [3.8, 4) is 0 Å². The third-order valence-corrected chi connectivity index (χ3v) is 3.99. The van der Waals surface area contributed by atoms with Crippen molar-refractivity contribution in [2.75, 3.05) is 13.1 Å². The molecule has 104 valence electrons. The van der Waals surface area contributed by atoms with E-state index in [4.69, 9.17) is 5.11 Å². The van der Waals surface area contributed by atoms with Crippen LogP contribution in [0.4, 0.5) is 4.79 Å². The largest absolute Gasteiger partial charge is 0.481 e. The molecule has 18 heavy (non-hydrogen) atoms. The average Bonchev–Trinajstić information content (AvgIpc) is 3.04. The van der Waals surface area contributed by atoms with Crippen molar-refractivity contribution in [3.05, 3.63) is 0 Å². The zero-order valence-corrected chi connectivity index (χ0v) is 11.7. The van der Waals surface area contributed by atoms with E-state index in [1.807, 2.05) is 0 Å². The lowest BCUT2D eigenvalue weighted by molar-refractivity contribution is -0.146. The Morgan fingerprint density at radius 3 is 2.22 bits per heavy atom. The molecule has 0 bridgehead atoms. The van der Waals surface area contributed by atoms with Crippen LogP contribution in [0.25, 0.3) is 0 Å². The van der Waals surface area contributed by atoms with Gasteiger partial charge in [0.2, 0.25) is 0 Å². The summed E-state index contributed by atoms with van der Waals surface area (Å²) in [6.07, 6.45) is 2.32. The second kappa shape index (κ2) is 5.16. The molecule has 0 aromatic carbocycles. The van der Waals surface area contributed by atoms with Crippen molar-refractivity contribution >= 4 is 12.0 Å². The van der Waals surface area contributed by atoms with Gasteiger partial charge in [-0.25, -0.2) is 4.79 Å². The fraction of sp³-hybridized carbons (Fsp3) is 0.846. The van der Waals surface area contributed by atoms with Crippen molar-refractivity contribution in [1.29, 1.82) is 0 Å². The van der Waals surface area contributed by atoms with Gasteiger partial charge in [0.25, 0.3) is 0 Å². The van der Waals surface area contributed by atoms with E-state index < -0.39 is 11.4 Å². The first kappa shape index (κ1) is 14.8. The summed E-state index contributed by atoms with van der Waals surface area (Å²) in [5.74, 6) is -0.350. The second-order valence-electron chi connectivity index (χ2n) is 6.24. The predicted octanol–water partition coefficient (Wildman–Crippen LogP) is 1.83. The van der Waals surface area contributed by atoms with E-state index in [1.165, 1.54) is 0 Å². The molecular weight excluding hydrogens is 232 g/mol. The minimum absolute atomic E-state index is 0.128. The molecule has 0 spiro atoms. The Balaban J connectivity index is 2.29. The maximum atomic E-state index is 11.6. The fourth-order valence-electron chi connectivity index (χ4n) is 1.81. The van der Waals surface area contributed by atoms with Gasteiger partial charge < -0.3 is 15.7 Å². The number of carbonyl (C=O) groups excluding carboxylic acids is 1. The molecule has 1 aliphatic rings. The second-order valence-corrected chi connectivity index (χ2v) is 6.24. The molecule has 3 N–H and O–H groups in total. The molecule has 0 aliphatic heterocycles. The fourth-order valence-corrected chi connectivity index (χ4v) is 1.81. The summed E-state index contributed by atoms with van der Waals surface area (Å²) < 4.78 is 0. The van der Waals surface area contributed by atoms with E-state index in [-0.39, 0.29) is 18.0 Å². The summed E-state index contributed by atoms with van der Waals surface area (Å²) in [4.78, 5) is 22.5. The van der Waals surface area contributed by atoms with E-state index in [1.54, 1.807) is 13.8 Å². The van der Waals surface area contributed by atoms with Crippen LogP contribution in [0, 0.1) is 16.7 Å². The van der Waals surface area contributed by atoms with Gasteiger partial charge in [-0.15, -0.1) is 0 Å². The minimum Gasteiger partial charge on any atom is -0.481 e. The summed E-state index contributed by atoms with van der Waals surface area (Å²) in [6, 6.07) is -0.281. The first-order valence-electron chi connectivity index (χ1n) is 6.45. The smallest absolute Gasteiger partial charge is 0.314 e. The minimum atomic E-state index is -0.938. The first-order chi connectivity index (χ1) is 8.19. The molecule has 0 aromatic rings. The molecule has 0 unspecified atom stereocenters. The molecule has 1 rings (SSSR count). The highest BCUT2D eigenvalue weighted by molar-refractivity contribution is 5.77. The molecule has 0 aromatic heterocycles. The van der Waals surface area contributed by atoms with Gasteiger partial charge in [0.1, 0.15) is 0 Å². The molecule has 0 heterocycles. The van der Waals surface area contributed by atoms with Crippen LogP contribution in [-0.2, 0) is 4.79 Å². The molecule has 5 nitrogen and oxygen atoms in total. The Labute approximate surface area is 108 Å². The number of urea groups is 1. The summed E-state index contributed by atoms with van der Waals surface area (Å²) in [5.41, 5.74) is -0.674. The number of hydrogen-bond donors (Lipinski definition) is 3. The number of nitrogens with one attached hydrogen (secondary N) is 2. The normalized spacial score (nSPS) is 17.4. The summed E-state index contributed by atoms with van der Waals surface area (Å²) >= 11 is 0. The Morgan fingerprint density at radius 1 is 1.28 bits per heavy atom. The summed E-state index contributed by atoms with van der Waals surface area (Å²) in [7, 11) is 0. The number of carboxylic acids is 1. The SMILES string of the molecule is CC(C)C1(CNC(=O)NCC(C)(C)C(=O)O)CC1. The van der Waals surface area contributed by atoms with Crippen LogP contribution < -0.4 is 10.6 Å². The van der Waals surface area contributed by atoms with Crippen molar-refractivity contribution in [1.82, 2.24) is 10.6 Å². The van der Waals surface area contributed by atoms with Gasteiger partial charge in [-0.2, -0.15) is 0 Å². The van der Waals surface area contributed by atoms with Gasteiger partial charge in [-0.1, -0.05) is 13.8 Å². The van der Waals surface area contributed by atoms with Gasteiger partial charge >= 0.3 is 12.0 Å². The molecule has 1 saturated carbocycles. The van der Waals surface area contributed by atoms with Crippen molar-refractivity contribution < 1.29 is 14.7 Å². The first-order valence-corrected chi connectivity index (χ1v) is 6.45. The van der Waals surface area contributed by atoms with E-state index >= 15 is 0 Å². The van der Waals surface area contributed by atoms with E-state index in [0.717, 1.165) is 12.8 Å². The lowest BCUT2D eigenvalue weighted by atomic mass is 9.92. The summed E-state index contributed by atoms with van der Waals surface area (Å²) in [5, 5.41) is 14.4. The maximum Gasteiger partial charge on any atom is 0.314 e. The lowest BCUT2D eigenvalue weighted by Crippen LogP contribution is -2.45. The van der Waals surface area contributed by atoms with Crippen LogP contribution in [0.15, 0.2) is 0 Å². The monoisotopic (exact) mass is 256 g/mol. The number of carboxylic acid groups (broad SMARTS) is 1. The number of rotatable bonds is 6. The standard InChI is InChI=1S/C13H24N2O3/c1-9(2)13(5-6-13)8-15-11(18)14-7-12(3,4)10(16)17/h9H,5-8H2,1-4H3,(H,16,17)(H2,14,15,18). The van der Waals surface area contributed by atoms with Gasteiger partial charge in [0, 0.05) is 13.1 Å². The molecular formula is C13H24N2O3. The topological polar surface area (TPSA) is 78.4 Å². The van der Waals surface area contributed by atoms with Crippen LogP contribution in [0.2, 0.25) is 0 Å². The zero-order chi connectivity index (χ0) is 14.0. The number of hydrogen-bond acceptors (Lipinski definition) is 2. The van der Waals surface area contributed by atoms with E-state index in [0.29, 0.717) is 12.5 Å². The highest BCUT2D eigenvalue weighted by atomic mass is 16.4. The molecule has 0 radical (unpaired) electrons. The third-order valence-electron chi connectivity index (χ3n) is 3.99. The highest BCUT2D eigenvalue weighted by Crippen LogP contribution is 2.51. The van der Waals surface area contributed by atoms with E-state index in [9.17, 15) is 9.59 Å². The Hall–Kier alpha value is -1.26. The maximum absolute atomic E-state index is 11.6. The number of amides is 2.